The molecule has 1 aliphatic rings. The summed E-state index contributed by atoms with van der Waals surface area (Å²) in [5, 5.41) is 16.7. The molecule has 0 saturated heterocycles. The second-order valence-electron chi connectivity index (χ2n) is 3.63. The monoisotopic (exact) mass is 245 g/mol. The molecule has 88 valence electrons. The van der Waals surface area contributed by atoms with Crippen LogP contribution in [0.5, 0.6) is 0 Å². The molecule has 0 amide bonds. The zero-order chi connectivity index (χ0) is 11.5. The van der Waals surface area contributed by atoms with Crippen LogP contribution in [0.1, 0.15) is 25.1 Å². The van der Waals surface area contributed by atoms with Crippen molar-refractivity contribution in [3.63, 3.8) is 0 Å². The van der Waals surface area contributed by atoms with Gasteiger partial charge in [-0.1, -0.05) is 6.42 Å². The third kappa shape index (κ3) is 2.34. The predicted molar refractivity (Wildman–Crippen MR) is 56.0 cm³/mol. The smallest absolute Gasteiger partial charge is 0.349 e. The molecule has 7 heteroatoms. The number of alkyl halides is 1. The van der Waals surface area contributed by atoms with Crippen LogP contribution in [0.25, 0.3) is 0 Å². The number of aliphatic carboxylic acids is 1. The summed E-state index contributed by atoms with van der Waals surface area (Å²) in [7, 11) is 0. The molecule has 5 nitrogen and oxygen atoms in total. The number of carboxylic acids is 1. The molecule has 2 rings (SSSR count). The molecule has 16 heavy (non-hydrogen) atoms. The van der Waals surface area contributed by atoms with Crippen molar-refractivity contribution >= 4 is 17.7 Å². The third-order valence-corrected chi connectivity index (χ3v) is 3.40. The van der Waals surface area contributed by atoms with Crippen LogP contribution in [0.3, 0.4) is 0 Å². The van der Waals surface area contributed by atoms with E-state index >= 15 is 0 Å². The number of fused-ring (bicyclic) bond motifs is 1. The highest BCUT2D eigenvalue weighted by atomic mass is 32.2. The molecule has 0 saturated carbocycles. The highest BCUT2D eigenvalue weighted by molar-refractivity contribution is 8.00. The van der Waals surface area contributed by atoms with E-state index in [1.807, 2.05) is 4.57 Å². The van der Waals surface area contributed by atoms with E-state index in [9.17, 15) is 9.18 Å². The second kappa shape index (κ2) is 4.82. The van der Waals surface area contributed by atoms with Crippen LogP contribution in [0, 0.1) is 0 Å². The van der Waals surface area contributed by atoms with Crippen molar-refractivity contribution in [3.05, 3.63) is 5.82 Å². The minimum absolute atomic E-state index is 0.367. The van der Waals surface area contributed by atoms with Gasteiger partial charge in [0.2, 0.25) is 5.50 Å². The van der Waals surface area contributed by atoms with Crippen molar-refractivity contribution in [2.45, 2.75) is 42.9 Å². The van der Waals surface area contributed by atoms with Crippen LogP contribution in [0.4, 0.5) is 4.39 Å². The number of aromatic nitrogens is 3. The Morgan fingerprint density at radius 2 is 2.25 bits per heavy atom. The van der Waals surface area contributed by atoms with E-state index in [0.29, 0.717) is 16.9 Å². The lowest BCUT2D eigenvalue weighted by Gasteiger charge is -2.06. The molecule has 1 atom stereocenters. The van der Waals surface area contributed by atoms with Gasteiger partial charge < -0.3 is 9.67 Å². The molecular weight excluding hydrogens is 233 g/mol. The van der Waals surface area contributed by atoms with Crippen molar-refractivity contribution < 1.29 is 14.3 Å². The summed E-state index contributed by atoms with van der Waals surface area (Å²) >= 11 is 0.605. The predicted octanol–water partition coefficient (Wildman–Crippen LogP) is 1.48. The SMILES string of the molecule is O=C(O)C(F)Sc1nnc2n1CCCCC2. The van der Waals surface area contributed by atoms with Gasteiger partial charge in [0.15, 0.2) is 5.16 Å². The Bertz CT molecular complexity index is 396. The van der Waals surface area contributed by atoms with E-state index in [4.69, 9.17) is 5.11 Å². The molecule has 0 spiro atoms. The normalized spacial score (nSPS) is 17.6. The summed E-state index contributed by atoms with van der Waals surface area (Å²) in [6, 6.07) is 0. The number of hydrogen-bond donors (Lipinski definition) is 1. The number of carboxylic acid groups (broad SMARTS) is 1. The van der Waals surface area contributed by atoms with E-state index in [-0.39, 0.29) is 0 Å². The maximum Gasteiger partial charge on any atom is 0.349 e. The highest BCUT2D eigenvalue weighted by Gasteiger charge is 2.23. The van der Waals surface area contributed by atoms with Gasteiger partial charge in [-0.3, -0.25) is 0 Å². The van der Waals surface area contributed by atoms with Crippen LogP contribution < -0.4 is 0 Å². The molecule has 1 unspecified atom stereocenters. The average molecular weight is 245 g/mol. The molecule has 1 aromatic heterocycles. The first-order valence-electron chi connectivity index (χ1n) is 5.14. The standard InChI is InChI=1S/C9H12FN3O2S/c10-7(8(14)15)16-9-12-11-6-4-2-1-3-5-13(6)9/h7H,1-5H2,(H,14,15). The Labute approximate surface area is 96.1 Å². The van der Waals surface area contributed by atoms with Gasteiger partial charge in [-0.15, -0.1) is 10.2 Å². The zero-order valence-electron chi connectivity index (χ0n) is 8.60. The number of carbonyl (C=O) groups is 1. The van der Waals surface area contributed by atoms with Crippen molar-refractivity contribution in [1.29, 1.82) is 0 Å². The largest absolute Gasteiger partial charge is 0.478 e. The summed E-state index contributed by atoms with van der Waals surface area (Å²) in [6.45, 7) is 0.747. The molecular formula is C9H12FN3O2S. The molecule has 0 aromatic carbocycles. The summed E-state index contributed by atoms with van der Waals surface area (Å²) < 4.78 is 14.9. The average Bonchev–Trinajstić information content (AvgIpc) is 2.50. The first kappa shape index (κ1) is 11.4. The third-order valence-electron chi connectivity index (χ3n) is 2.48. The van der Waals surface area contributed by atoms with Gasteiger partial charge in [0.1, 0.15) is 5.82 Å². The Morgan fingerprint density at radius 1 is 1.44 bits per heavy atom. The van der Waals surface area contributed by atoms with Gasteiger partial charge >= 0.3 is 5.97 Å². The van der Waals surface area contributed by atoms with Crippen molar-refractivity contribution in [1.82, 2.24) is 14.8 Å². The zero-order valence-corrected chi connectivity index (χ0v) is 9.41. The Kier molecular flexibility index (Phi) is 3.42. The lowest BCUT2D eigenvalue weighted by molar-refractivity contribution is -0.139. The molecule has 1 aliphatic heterocycles. The fourth-order valence-electron chi connectivity index (χ4n) is 1.69. The van der Waals surface area contributed by atoms with Gasteiger partial charge in [-0.05, 0) is 24.6 Å². The first-order valence-corrected chi connectivity index (χ1v) is 6.02. The maximum absolute atomic E-state index is 13.0. The van der Waals surface area contributed by atoms with Crippen molar-refractivity contribution in [2.24, 2.45) is 0 Å². The van der Waals surface area contributed by atoms with Gasteiger partial charge in [0.25, 0.3) is 0 Å². The Hall–Kier alpha value is -1.11. The molecule has 0 radical (unpaired) electrons. The molecule has 0 bridgehead atoms. The fourth-order valence-corrected chi connectivity index (χ4v) is 2.39. The summed E-state index contributed by atoms with van der Waals surface area (Å²) in [6.07, 6.45) is 4.01. The van der Waals surface area contributed by atoms with Gasteiger partial charge in [-0.25, -0.2) is 9.18 Å². The minimum Gasteiger partial charge on any atom is -0.478 e. The van der Waals surface area contributed by atoms with E-state index in [2.05, 4.69) is 10.2 Å². The molecule has 0 fully saturated rings. The maximum atomic E-state index is 13.0. The molecule has 1 aromatic rings. The number of aryl methyl sites for hydroxylation is 1. The molecule has 2 heterocycles. The van der Waals surface area contributed by atoms with Crippen LogP contribution in [0.15, 0.2) is 5.16 Å². The number of nitrogens with zero attached hydrogens (tertiary/aromatic N) is 3. The van der Waals surface area contributed by atoms with Crippen molar-refractivity contribution in [3.8, 4) is 0 Å². The van der Waals surface area contributed by atoms with Gasteiger partial charge in [-0.2, -0.15) is 0 Å². The summed E-state index contributed by atoms with van der Waals surface area (Å²) in [5.74, 6) is -0.645. The van der Waals surface area contributed by atoms with Gasteiger partial charge in [0.05, 0.1) is 0 Å². The second-order valence-corrected chi connectivity index (χ2v) is 4.65. The Balaban J connectivity index is 2.16. The number of hydrogen-bond acceptors (Lipinski definition) is 4. The number of rotatable bonds is 3. The van der Waals surface area contributed by atoms with Crippen molar-refractivity contribution in [2.75, 3.05) is 0 Å². The highest BCUT2D eigenvalue weighted by Crippen LogP contribution is 2.25. The van der Waals surface area contributed by atoms with Gasteiger partial charge in [0, 0.05) is 13.0 Å². The Morgan fingerprint density at radius 3 is 3.00 bits per heavy atom. The van der Waals surface area contributed by atoms with Crippen LogP contribution in [0.2, 0.25) is 0 Å². The fraction of sp³-hybridized carbons (Fsp3) is 0.667. The topological polar surface area (TPSA) is 68.0 Å². The molecule has 1 N–H and O–H groups in total. The van der Waals surface area contributed by atoms with Crippen LogP contribution >= 0.6 is 11.8 Å². The van der Waals surface area contributed by atoms with E-state index in [0.717, 1.165) is 38.1 Å². The lowest BCUT2D eigenvalue weighted by atomic mass is 10.2. The number of thioether (sulfide) groups is 1. The van der Waals surface area contributed by atoms with Crippen LogP contribution in [-0.4, -0.2) is 31.3 Å². The quantitative estimate of drug-likeness (QED) is 0.817. The first-order chi connectivity index (χ1) is 7.68. The number of halogens is 1. The van der Waals surface area contributed by atoms with E-state index < -0.39 is 11.5 Å². The van der Waals surface area contributed by atoms with E-state index in [1.165, 1.54) is 0 Å². The lowest BCUT2D eigenvalue weighted by Crippen LogP contribution is -2.12. The van der Waals surface area contributed by atoms with E-state index in [1.54, 1.807) is 0 Å². The summed E-state index contributed by atoms with van der Waals surface area (Å²) in [4.78, 5) is 10.4. The minimum atomic E-state index is -1.98. The van der Waals surface area contributed by atoms with Crippen LogP contribution in [-0.2, 0) is 17.8 Å². The summed E-state index contributed by atoms with van der Waals surface area (Å²) in [5.41, 5.74) is -1.98. The molecule has 0 aliphatic carbocycles.